The molecule has 0 radical (unpaired) electrons. The molecule has 2 heteroatoms. The van der Waals surface area contributed by atoms with Gasteiger partial charge < -0.3 is 0 Å². The Morgan fingerprint density at radius 3 is 2.20 bits per heavy atom. The third kappa shape index (κ3) is 4.75. The summed E-state index contributed by atoms with van der Waals surface area (Å²) in [5.74, 6) is 0. The third-order valence-corrected chi connectivity index (χ3v) is 1.50. The number of halogens is 1. The van der Waals surface area contributed by atoms with E-state index in [0.29, 0.717) is 0 Å². The second-order valence-electron chi connectivity index (χ2n) is 0.831. The first-order valence-corrected chi connectivity index (χ1v) is 4.01. The van der Waals surface area contributed by atoms with Gasteiger partial charge in [-0.3, -0.25) is 0 Å². The van der Waals surface area contributed by atoms with Crippen molar-refractivity contribution in [1.29, 1.82) is 0 Å². The standard InChI is InChI=1S/C3H6F.Sb.2H/c1-2-3-4;;;/h1-3H2;;;. The van der Waals surface area contributed by atoms with Crippen LogP contribution in [0.4, 0.5) is 4.39 Å². The fraction of sp³-hybridized carbons (Fsp3) is 1.00. The molecule has 0 unspecified atom stereocenters. The first-order valence-electron chi connectivity index (χ1n) is 1.68. The third-order valence-electron chi connectivity index (χ3n) is 0.338. The van der Waals surface area contributed by atoms with Crippen molar-refractivity contribution in [3.05, 3.63) is 0 Å². The molecular formula is C3H8FSb. The van der Waals surface area contributed by atoms with Gasteiger partial charge in [0.1, 0.15) is 0 Å². The van der Waals surface area contributed by atoms with Crippen molar-refractivity contribution in [1.82, 2.24) is 0 Å². The van der Waals surface area contributed by atoms with Crippen molar-refractivity contribution in [2.45, 2.75) is 10.8 Å². The summed E-state index contributed by atoms with van der Waals surface area (Å²) in [5.41, 5.74) is 0. The quantitative estimate of drug-likeness (QED) is 0.546. The summed E-state index contributed by atoms with van der Waals surface area (Å²) < 4.78 is 12.1. The van der Waals surface area contributed by atoms with E-state index in [2.05, 4.69) is 0 Å². The van der Waals surface area contributed by atoms with Crippen molar-refractivity contribution in [3.8, 4) is 0 Å². The zero-order valence-corrected chi connectivity index (χ0v) is 6.37. The van der Waals surface area contributed by atoms with E-state index in [1.807, 2.05) is 0 Å². The molecule has 0 heterocycles. The Morgan fingerprint density at radius 1 is 1.60 bits per heavy atom. The van der Waals surface area contributed by atoms with E-state index in [1.165, 1.54) is 23.0 Å². The molecule has 0 atom stereocenters. The molecule has 5 heavy (non-hydrogen) atoms. The van der Waals surface area contributed by atoms with Gasteiger partial charge in [0.2, 0.25) is 0 Å². The van der Waals surface area contributed by atoms with Gasteiger partial charge in [-0.1, -0.05) is 0 Å². The maximum atomic E-state index is 11.0. The number of hydrogen-bond acceptors (Lipinski definition) is 0. The summed E-state index contributed by atoms with van der Waals surface area (Å²) in [6.45, 7) is -0.124. The summed E-state index contributed by atoms with van der Waals surface area (Å²) in [6.07, 6.45) is 0.780. The van der Waals surface area contributed by atoms with Crippen LogP contribution in [0.15, 0.2) is 0 Å². The molecule has 0 aliphatic rings. The first-order chi connectivity index (χ1) is 2.41. The Labute approximate surface area is 45.2 Å². The molecule has 0 aliphatic heterocycles. The summed E-state index contributed by atoms with van der Waals surface area (Å²) in [7, 11) is 0. The van der Waals surface area contributed by atoms with Gasteiger partial charge in [-0.2, -0.15) is 0 Å². The maximum absolute atomic E-state index is 11.0. The fourth-order valence-corrected chi connectivity index (χ4v) is 0.518. The number of hydrogen-bond donors (Lipinski definition) is 0. The predicted octanol–water partition coefficient (Wildman–Crippen LogP) is 0.397. The Hall–Kier alpha value is 0.748. The van der Waals surface area contributed by atoms with Crippen molar-refractivity contribution in [2.75, 3.05) is 6.67 Å². The summed E-state index contributed by atoms with van der Waals surface area (Å²) >= 11 is 1.21. The Morgan fingerprint density at radius 2 is 2.20 bits per heavy atom. The van der Waals surface area contributed by atoms with E-state index in [0.717, 1.165) is 10.8 Å². The van der Waals surface area contributed by atoms with Crippen LogP contribution in [0.3, 0.4) is 0 Å². The van der Waals surface area contributed by atoms with Crippen molar-refractivity contribution < 1.29 is 4.39 Å². The molecule has 32 valence electrons. The molecule has 0 saturated carbocycles. The number of alkyl halides is 1. The van der Waals surface area contributed by atoms with Crippen LogP contribution in [0.25, 0.3) is 0 Å². The Bertz CT molecular complexity index is 14.4. The van der Waals surface area contributed by atoms with E-state index in [4.69, 9.17) is 0 Å². The van der Waals surface area contributed by atoms with Crippen LogP contribution in [0.2, 0.25) is 4.37 Å². The molecule has 0 rings (SSSR count). The van der Waals surface area contributed by atoms with Crippen LogP contribution in [0, 0.1) is 0 Å². The van der Waals surface area contributed by atoms with E-state index in [9.17, 15) is 4.39 Å². The van der Waals surface area contributed by atoms with E-state index < -0.39 is 0 Å². The molecule has 0 spiro atoms. The van der Waals surface area contributed by atoms with Crippen LogP contribution in [-0.2, 0) is 0 Å². The average molecular weight is 185 g/mol. The van der Waals surface area contributed by atoms with Gasteiger partial charge in [-0.05, 0) is 0 Å². The van der Waals surface area contributed by atoms with E-state index in [-0.39, 0.29) is 6.67 Å². The number of rotatable bonds is 2. The van der Waals surface area contributed by atoms with Crippen LogP contribution in [0.5, 0.6) is 0 Å². The molecule has 0 nitrogen and oxygen atoms in total. The second-order valence-corrected chi connectivity index (χ2v) is 2.48. The molecule has 0 saturated heterocycles. The molecular weight excluding hydrogens is 177 g/mol. The normalized spacial score (nSPS) is 8.40. The van der Waals surface area contributed by atoms with Gasteiger partial charge in [0, 0.05) is 0 Å². The van der Waals surface area contributed by atoms with Crippen molar-refractivity contribution in [3.63, 3.8) is 0 Å². The topological polar surface area (TPSA) is 0 Å². The second kappa shape index (κ2) is 4.75. The van der Waals surface area contributed by atoms with Crippen LogP contribution >= 0.6 is 0 Å². The molecule has 0 N–H and O–H groups in total. The van der Waals surface area contributed by atoms with E-state index >= 15 is 0 Å². The van der Waals surface area contributed by atoms with Gasteiger partial charge >= 0.3 is 44.9 Å². The minimum atomic E-state index is -0.124. The van der Waals surface area contributed by atoms with Gasteiger partial charge in [0.25, 0.3) is 0 Å². The van der Waals surface area contributed by atoms with Gasteiger partial charge in [0.15, 0.2) is 0 Å². The van der Waals surface area contributed by atoms with Crippen LogP contribution < -0.4 is 0 Å². The summed E-state index contributed by atoms with van der Waals surface area (Å²) in [4.78, 5) is 0. The Balaban J connectivity index is 2.19. The monoisotopic (exact) mass is 184 g/mol. The Kier molecular flexibility index (Phi) is 5.46. The SMILES string of the molecule is FCC[CH2][SbH2]. The molecule has 0 amide bonds. The van der Waals surface area contributed by atoms with Gasteiger partial charge in [0.05, 0.1) is 0 Å². The zero-order valence-electron chi connectivity index (χ0n) is 3.08. The molecule has 0 aromatic carbocycles. The van der Waals surface area contributed by atoms with Crippen molar-refractivity contribution >= 4 is 23.0 Å². The van der Waals surface area contributed by atoms with Crippen molar-refractivity contribution in [2.24, 2.45) is 0 Å². The molecule has 0 aliphatic carbocycles. The minimum absolute atomic E-state index is 0.124. The first kappa shape index (κ1) is 5.75. The molecule has 0 aromatic rings. The van der Waals surface area contributed by atoms with Gasteiger partial charge in [-0.25, -0.2) is 0 Å². The molecule has 0 aromatic heterocycles. The zero-order chi connectivity index (χ0) is 4.12. The predicted molar refractivity (Wildman–Crippen MR) is 23.9 cm³/mol. The molecule has 0 fully saturated rings. The summed E-state index contributed by atoms with van der Waals surface area (Å²) in [6, 6.07) is 0. The fourth-order valence-electron chi connectivity index (χ4n) is 0.0772. The van der Waals surface area contributed by atoms with E-state index in [1.54, 1.807) is 0 Å². The average Bonchev–Trinajstić information content (AvgIpc) is 1.41. The van der Waals surface area contributed by atoms with Gasteiger partial charge in [-0.15, -0.1) is 0 Å². The van der Waals surface area contributed by atoms with Crippen LogP contribution in [-0.4, -0.2) is 29.7 Å². The molecule has 0 bridgehead atoms. The van der Waals surface area contributed by atoms with Crippen LogP contribution in [0.1, 0.15) is 6.42 Å². The summed E-state index contributed by atoms with van der Waals surface area (Å²) in [5, 5.41) is 0.